The van der Waals surface area contributed by atoms with Crippen molar-refractivity contribution in [1.82, 2.24) is 4.98 Å². The molecule has 1 heterocycles. The highest BCUT2D eigenvalue weighted by atomic mass is 32.2. The second-order valence-corrected chi connectivity index (χ2v) is 4.99. The van der Waals surface area contributed by atoms with Gasteiger partial charge in [0.05, 0.1) is 11.8 Å². The quantitative estimate of drug-likeness (QED) is 0.910. The molecule has 0 bridgehead atoms. The van der Waals surface area contributed by atoms with E-state index >= 15 is 0 Å². The van der Waals surface area contributed by atoms with E-state index in [0.29, 0.717) is 17.0 Å². The average Bonchev–Trinajstić information content (AvgIpc) is 2.41. The molecule has 0 aliphatic rings. The molecule has 1 N–H and O–H groups in total. The number of benzene rings is 1. The summed E-state index contributed by atoms with van der Waals surface area (Å²) in [4.78, 5) is 5.61. The summed E-state index contributed by atoms with van der Waals surface area (Å²) in [6.45, 7) is 1.90. The van der Waals surface area contributed by atoms with Crippen molar-refractivity contribution >= 4 is 11.8 Å². The van der Waals surface area contributed by atoms with E-state index in [1.165, 1.54) is 17.8 Å². The van der Waals surface area contributed by atoms with E-state index in [0.717, 1.165) is 4.90 Å². The summed E-state index contributed by atoms with van der Waals surface area (Å²) in [5.41, 5.74) is 0.649. The van der Waals surface area contributed by atoms with Gasteiger partial charge in [-0.2, -0.15) is 0 Å². The molecule has 0 unspecified atom stereocenters. The van der Waals surface area contributed by atoms with Gasteiger partial charge in [0, 0.05) is 16.0 Å². The maximum absolute atomic E-state index is 13.5. The summed E-state index contributed by atoms with van der Waals surface area (Å²) in [6, 6.07) is 10.3. The normalized spacial score (nSPS) is 12.4. The van der Waals surface area contributed by atoms with Crippen LogP contribution in [-0.4, -0.2) is 10.1 Å². The van der Waals surface area contributed by atoms with Crippen LogP contribution in [0, 0.1) is 5.82 Å². The summed E-state index contributed by atoms with van der Waals surface area (Å²) in [5, 5.41) is 9.62. The van der Waals surface area contributed by atoms with Crippen molar-refractivity contribution < 1.29 is 9.50 Å². The first-order chi connectivity index (χ1) is 8.70. The zero-order valence-electron chi connectivity index (χ0n) is 10.0. The minimum atomic E-state index is -0.530. The number of pyridine rings is 1. The predicted molar refractivity (Wildman–Crippen MR) is 70.0 cm³/mol. The molecule has 0 radical (unpaired) electrons. The van der Waals surface area contributed by atoms with Gasteiger partial charge in [0.25, 0.3) is 0 Å². The van der Waals surface area contributed by atoms with Gasteiger partial charge in [-0.1, -0.05) is 30.8 Å². The van der Waals surface area contributed by atoms with Crippen molar-refractivity contribution in [2.24, 2.45) is 0 Å². The molecule has 0 amide bonds. The summed E-state index contributed by atoms with van der Waals surface area (Å²) < 4.78 is 13.5. The topological polar surface area (TPSA) is 33.1 Å². The fraction of sp³-hybridized carbons (Fsp3) is 0.214. The highest BCUT2D eigenvalue weighted by molar-refractivity contribution is 7.99. The molecule has 0 aliphatic heterocycles. The van der Waals surface area contributed by atoms with Gasteiger partial charge >= 0.3 is 0 Å². The summed E-state index contributed by atoms with van der Waals surface area (Å²) in [7, 11) is 0. The van der Waals surface area contributed by atoms with Crippen LogP contribution in [0.15, 0.2) is 52.4 Å². The van der Waals surface area contributed by atoms with Crippen molar-refractivity contribution in [2.75, 3.05) is 0 Å². The molecule has 0 saturated heterocycles. The first-order valence-electron chi connectivity index (χ1n) is 5.77. The molecule has 0 saturated carbocycles. The number of rotatable bonds is 4. The highest BCUT2D eigenvalue weighted by Gasteiger charge is 2.07. The van der Waals surface area contributed by atoms with Crippen molar-refractivity contribution in [3.8, 4) is 0 Å². The van der Waals surface area contributed by atoms with Gasteiger partial charge in [0.2, 0.25) is 0 Å². The smallest absolute Gasteiger partial charge is 0.137 e. The van der Waals surface area contributed by atoms with Crippen LogP contribution in [0.4, 0.5) is 4.39 Å². The number of aromatic nitrogens is 1. The standard InChI is InChI=1S/C14H14FNOS/c1-2-13(17)12-8-7-10(9-16-12)18-14-6-4-3-5-11(14)15/h3-9,13,17H,2H2,1H3/t13-/m0/s1. The molecule has 2 aromatic rings. The number of halogens is 1. The maximum atomic E-state index is 13.5. The monoisotopic (exact) mass is 263 g/mol. The Morgan fingerprint density at radius 1 is 1.28 bits per heavy atom. The Labute approximate surface area is 110 Å². The summed E-state index contributed by atoms with van der Waals surface area (Å²) in [5.74, 6) is -0.236. The fourth-order valence-corrected chi connectivity index (χ4v) is 2.32. The maximum Gasteiger partial charge on any atom is 0.137 e. The minimum absolute atomic E-state index is 0.236. The minimum Gasteiger partial charge on any atom is -0.387 e. The number of aliphatic hydroxyl groups is 1. The molecule has 0 spiro atoms. The van der Waals surface area contributed by atoms with E-state index < -0.39 is 6.10 Å². The van der Waals surface area contributed by atoms with Crippen molar-refractivity contribution in [1.29, 1.82) is 0 Å². The molecule has 2 rings (SSSR count). The first-order valence-corrected chi connectivity index (χ1v) is 6.58. The lowest BCUT2D eigenvalue weighted by Crippen LogP contribution is -1.97. The second kappa shape index (κ2) is 5.98. The van der Waals surface area contributed by atoms with Gasteiger partial charge in [-0.25, -0.2) is 4.39 Å². The lowest BCUT2D eigenvalue weighted by atomic mass is 10.2. The van der Waals surface area contributed by atoms with E-state index in [1.807, 2.05) is 13.0 Å². The molecule has 4 heteroatoms. The Morgan fingerprint density at radius 2 is 2.06 bits per heavy atom. The largest absolute Gasteiger partial charge is 0.387 e. The third-order valence-electron chi connectivity index (χ3n) is 2.55. The number of hydrogen-bond donors (Lipinski definition) is 1. The van der Waals surface area contributed by atoms with Gasteiger partial charge in [0.15, 0.2) is 0 Å². The Bertz CT molecular complexity index is 515. The average molecular weight is 263 g/mol. The molecule has 18 heavy (non-hydrogen) atoms. The van der Waals surface area contributed by atoms with E-state index in [9.17, 15) is 9.50 Å². The third kappa shape index (κ3) is 3.09. The van der Waals surface area contributed by atoms with Gasteiger partial charge in [-0.15, -0.1) is 0 Å². The van der Waals surface area contributed by atoms with E-state index in [-0.39, 0.29) is 5.82 Å². The van der Waals surface area contributed by atoms with E-state index in [4.69, 9.17) is 0 Å². The number of hydrogen-bond acceptors (Lipinski definition) is 3. The molecule has 0 fully saturated rings. The lowest BCUT2D eigenvalue weighted by molar-refractivity contribution is 0.169. The van der Waals surface area contributed by atoms with Crippen LogP contribution in [0.5, 0.6) is 0 Å². The SMILES string of the molecule is CC[C@H](O)c1ccc(Sc2ccccc2F)cn1. The molecule has 2 nitrogen and oxygen atoms in total. The van der Waals surface area contributed by atoms with Crippen LogP contribution >= 0.6 is 11.8 Å². The predicted octanol–water partition coefficient (Wildman–Crippen LogP) is 3.82. The number of aliphatic hydroxyl groups excluding tert-OH is 1. The zero-order chi connectivity index (χ0) is 13.0. The van der Waals surface area contributed by atoms with Gasteiger partial charge in [-0.05, 0) is 30.7 Å². The Hall–Kier alpha value is -1.39. The van der Waals surface area contributed by atoms with E-state index in [1.54, 1.807) is 30.5 Å². The van der Waals surface area contributed by atoms with Crippen LogP contribution in [0.2, 0.25) is 0 Å². The van der Waals surface area contributed by atoms with Crippen molar-refractivity contribution in [3.05, 3.63) is 54.1 Å². The molecule has 1 atom stereocenters. The fourth-order valence-electron chi connectivity index (χ4n) is 1.51. The van der Waals surface area contributed by atoms with Crippen LogP contribution < -0.4 is 0 Å². The van der Waals surface area contributed by atoms with Gasteiger partial charge in [0.1, 0.15) is 5.82 Å². The van der Waals surface area contributed by atoms with Crippen LogP contribution in [0.3, 0.4) is 0 Å². The highest BCUT2D eigenvalue weighted by Crippen LogP contribution is 2.29. The Balaban J connectivity index is 2.14. The molecule has 1 aromatic heterocycles. The van der Waals surface area contributed by atoms with Gasteiger partial charge in [-0.3, -0.25) is 4.98 Å². The van der Waals surface area contributed by atoms with Crippen LogP contribution in [0.25, 0.3) is 0 Å². The van der Waals surface area contributed by atoms with Crippen LogP contribution in [-0.2, 0) is 0 Å². The van der Waals surface area contributed by atoms with Crippen LogP contribution in [0.1, 0.15) is 25.1 Å². The zero-order valence-corrected chi connectivity index (χ0v) is 10.8. The van der Waals surface area contributed by atoms with Crippen molar-refractivity contribution in [3.63, 3.8) is 0 Å². The lowest BCUT2D eigenvalue weighted by Gasteiger charge is -2.08. The first kappa shape index (κ1) is 13.1. The third-order valence-corrected chi connectivity index (χ3v) is 3.58. The molecular weight excluding hydrogens is 249 g/mol. The number of nitrogens with zero attached hydrogens (tertiary/aromatic N) is 1. The summed E-state index contributed by atoms with van der Waals surface area (Å²) in [6.07, 6.45) is 1.76. The molecule has 0 aliphatic carbocycles. The second-order valence-electron chi connectivity index (χ2n) is 3.88. The molecular formula is C14H14FNOS. The Kier molecular flexibility index (Phi) is 4.33. The molecule has 94 valence electrons. The van der Waals surface area contributed by atoms with Crippen molar-refractivity contribution in [2.45, 2.75) is 29.2 Å². The Morgan fingerprint density at radius 3 is 2.67 bits per heavy atom. The molecule has 1 aromatic carbocycles. The van der Waals surface area contributed by atoms with Gasteiger partial charge < -0.3 is 5.11 Å². The summed E-state index contributed by atoms with van der Waals surface area (Å²) >= 11 is 1.32. The van der Waals surface area contributed by atoms with E-state index in [2.05, 4.69) is 4.98 Å².